The molecule has 0 bridgehead atoms. The lowest BCUT2D eigenvalue weighted by molar-refractivity contribution is -0.120. The van der Waals surface area contributed by atoms with E-state index in [-0.39, 0.29) is 24.2 Å². The molecule has 0 aliphatic carbocycles. The van der Waals surface area contributed by atoms with Gasteiger partial charge in [-0.2, -0.15) is 0 Å². The van der Waals surface area contributed by atoms with Crippen molar-refractivity contribution in [2.24, 2.45) is 0 Å². The van der Waals surface area contributed by atoms with E-state index in [0.717, 1.165) is 10.4 Å². The van der Waals surface area contributed by atoms with Crippen molar-refractivity contribution in [3.63, 3.8) is 0 Å². The number of rotatable bonds is 6. The Labute approximate surface area is 154 Å². The van der Waals surface area contributed by atoms with Crippen LogP contribution in [0.5, 0.6) is 0 Å². The molecule has 0 fully saturated rings. The molecule has 0 saturated carbocycles. The Hall–Kier alpha value is -2.99. The topological polar surface area (TPSA) is 58.2 Å². The minimum absolute atomic E-state index is 0.142. The third-order valence-corrected chi connectivity index (χ3v) is 4.72. The van der Waals surface area contributed by atoms with Gasteiger partial charge in [0.25, 0.3) is 5.91 Å². The number of halogens is 1. The summed E-state index contributed by atoms with van der Waals surface area (Å²) in [4.78, 5) is 25.3. The predicted molar refractivity (Wildman–Crippen MR) is 99.5 cm³/mol. The van der Waals surface area contributed by atoms with Crippen LogP contribution in [0.25, 0.3) is 0 Å². The van der Waals surface area contributed by atoms with Crippen LogP contribution in [0.2, 0.25) is 0 Å². The Morgan fingerprint density at radius 2 is 1.69 bits per heavy atom. The highest BCUT2D eigenvalue weighted by Gasteiger charge is 2.18. The van der Waals surface area contributed by atoms with E-state index < -0.39 is 6.04 Å². The van der Waals surface area contributed by atoms with Gasteiger partial charge in [-0.3, -0.25) is 9.59 Å². The monoisotopic (exact) mass is 368 g/mol. The van der Waals surface area contributed by atoms with Crippen LogP contribution in [0.1, 0.15) is 26.8 Å². The number of nitrogens with one attached hydrogen (secondary N) is 2. The van der Waals surface area contributed by atoms with Gasteiger partial charge in [-0.05, 0) is 41.3 Å². The summed E-state index contributed by atoms with van der Waals surface area (Å²) < 4.78 is 13.2. The quantitative estimate of drug-likeness (QED) is 0.699. The summed E-state index contributed by atoms with van der Waals surface area (Å²) in [5.41, 5.74) is 1.27. The van der Waals surface area contributed by atoms with Crippen molar-refractivity contribution in [2.45, 2.75) is 6.04 Å². The smallest absolute Gasteiger partial charge is 0.251 e. The second kappa shape index (κ2) is 8.40. The first-order chi connectivity index (χ1) is 12.6. The molecule has 0 radical (unpaired) electrons. The van der Waals surface area contributed by atoms with Crippen molar-refractivity contribution in [1.29, 1.82) is 0 Å². The first-order valence-electron chi connectivity index (χ1n) is 8.05. The average molecular weight is 368 g/mol. The largest absolute Gasteiger partial charge is 0.343 e. The lowest BCUT2D eigenvalue weighted by Gasteiger charge is -2.18. The third-order valence-electron chi connectivity index (χ3n) is 3.78. The maximum absolute atomic E-state index is 13.2. The molecule has 2 N–H and O–H groups in total. The van der Waals surface area contributed by atoms with Crippen molar-refractivity contribution >= 4 is 23.2 Å². The first kappa shape index (κ1) is 17.8. The van der Waals surface area contributed by atoms with Crippen molar-refractivity contribution in [3.05, 3.63) is 93.9 Å². The highest BCUT2D eigenvalue weighted by atomic mass is 32.1. The molecule has 3 rings (SSSR count). The summed E-state index contributed by atoms with van der Waals surface area (Å²) in [7, 11) is 0. The van der Waals surface area contributed by atoms with E-state index in [1.54, 1.807) is 36.4 Å². The average Bonchev–Trinajstić information content (AvgIpc) is 3.20. The van der Waals surface area contributed by atoms with Gasteiger partial charge < -0.3 is 10.6 Å². The lowest BCUT2D eigenvalue weighted by Crippen LogP contribution is -2.38. The molecule has 26 heavy (non-hydrogen) atoms. The zero-order valence-electron chi connectivity index (χ0n) is 13.8. The van der Waals surface area contributed by atoms with Gasteiger partial charge in [0.2, 0.25) is 5.91 Å². The summed E-state index contributed by atoms with van der Waals surface area (Å²) in [6.07, 6.45) is 0. The summed E-state index contributed by atoms with van der Waals surface area (Å²) in [5.74, 6) is -0.965. The van der Waals surface area contributed by atoms with Gasteiger partial charge in [-0.15, -0.1) is 11.3 Å². The Kier molecular flexibility index (Phi) is 5.76. The van der Waals surface area contributed by atoms with Crippen LogP contribution in [0, 0.1) is 5.82 Å². The molecule has 1 unspecified atom stereocenters. The molecule has 0 aliphatic rings. The Morgan fingerprint density at radius 1 is 0.962 bits per heavy atom. The van der Waals surface area contributed by atoms with E-state index in [1.807, 2.05) is 23.6 Å². The summed E-state index contributed by atoms with van der Waals surface area (Å²) >= 11 is 1.50. The van der Waals surface area contributed by atoms with Crippen molar-refractivity contribution in [2.75, 3.05) is 6.54 Å². The molecule has 1 atom stereocenters. The third kappa shape index (κ3) is 4.55. The van der Waals surface area contributed by atoms with E-state index in [0.29, 0.717) is 5.56 Å². The molecular weight excluding hydrogens is 351 g/mol. The number of thiophene rings is 1. The second-order valence-electron chi connectivity index (χ2n) is 5.62. The molecular formula is C20H17FN2O2S. The van der Waals surface area contributed by atoms with E-state index in [1.165, 1.54) is 23.5 Å². The Bertz CT molecular complexity index is 865. The van der Waals surface area contributed by atoms with E-state index >= 15 is 0 Å². The van der Waals surface area contributed by atoms with Gasteiger partial charge in [0, 0.05) is 10.4 Å². The number of amides is 2. The van der Waals surface area contributed by atoms with E-state index in [4.69, 9.17) is 0 Å². The molecule has 0 saturated heterocycles. The molecule has 2 amide bonds. The maximum Gasteiger partial charge on any atom is 0.251 e. The van der Waals surface area contributed by atoms with Crippen molar-refractivity contribution < 1.29 is 14.0 Å². The molecule has 0 aliphatic heterocycles. The number of hydrogen-bond donors (Lipinski definition) is 2. The standard InChI is InChI=1S/C20H17FN2O2S/c21-16-10-8-14(9-11-16)19(17-7-4-12-26-17)23-18(24)13-22-20(25)15-5-2-1-3-6-15/h1-12,19H,13H2,(H,22,25)(H,23,24). The fraction of sp³-hybridized carbons (Fsp3) is 0.100. The van der Waals surface area contributed by atoms with Crippen LogP contribution in [0.4, 0.5) is 4.39 Å². The van der Waals surface area contributed by atoms with Crippen LogP contribution >= 0.6 is 11.3 Å². The van der Waals surface area contributed by atoms with E-state index in [9.17, 15) is 14.0 Å². The predicted octanol–water partition coefficient (Wildman–Crippen LogP) is 3.52. The molecule has 4 nitrogen and oxygen atoms in total. The van der Waals surface area contributed by atoms with E-state index in [2.05, 4.69) is 10.6 Å². The number of carbonyl (C=O) groups excluding carboxylic acids is 2. The highest BCUT2D eigenvalue weighted by Crippen LogP contribution is 2.26. The molecule has 2 aromatic carbocycles. The Morgan fingerprint density at radius 3 is 2.35 bits per heavy atom. The summed E-state index contributed by atoms with van der Waals surface area (Å²) in [6.45, 7) is -0.142. The number of benzene rings is 2. The molecule has 1 aromatic heterocycles. The van der Waals surface area contributed by atoms with Gasteiger partial charge in [-0.25, -0.2) is 4.39 Å². The molecule has 1 heterocycles. The molecule has 132 valence electrons. The van der Waals surface area contributed by atoms with Gasteiger partial charge >= 0.3 is 0 Å². The summed E-state index contributed by atoms with van der Waals surface area (Å²) in [5, 5.41) is 7.41. The molecule has 3 aromatic rings. The zero-order valence-corrected chi connectivity index (χ0v) is 14.6. The highest BCUT2D eigenvalue weighted by molar-refractivity contribution is 7.10. The normalized spacial score (nSPS) is 11.6. The van der Waals surface area contributed by atoms with Gasteiger partial charge in [0.05, 0.1) is 12.6 Å². The van der Waals surface area contributed by atoms with Crippen LogP contribution < -0.4 is 10.6 Å². The first-order valence-corrected chi connectivity index (χ1v) is 8.93. The van der Waals surface area contributed by atoms with Crippen LogP contribution in [0.3, 0.4) is 0 Å². The fourth-order valence-electron chi connectivity index (χ4n) is 2.49. The summed E-state index contributed by atoms with van der Waals surface area (Å²) in [6, 6.07) is 18.1. The van der Waals surface area contributed by atoms with Crippen LogP contribution in [-0.2, 0) is 4.79 Å². The second-order valence-corrected chi connectivity index (χ2v) is 6.60. The van der Waals surface area contributed by atoms with Crippen molar-refractivity contribution in [1.82, 2.24) is 10.6 Å². The number of carbonyl (C=O) groups is 2. The maximum atomic E-state index is 13.2. The van der Waals surface area contributed by atoms with Gasteiger partial charge in [0.1, 0.15) is 5.82 Å². The molecule has 6 heteroatoms. The van der Waals surface area contributed by atoms with Crippen molar-refractivity contribution in [3.8, 4) is 0 Å². The zero-order chi connectivity index (χ0) is 18.4. The minimum Gasteiger partial charge on any atom is -0.343 e. The Balaban J connectivity index is 1.66. The van der Waals surface area contributed by atoms with Gasteiger partial charge in [-0.1, -0.05) is 36.4 Å². The van der Waals surface area contributed by atoms with Crippen LogP contribution in [0.15, 0.2) is 72.1 Å². The number of hydrogen-bond acceptors (Lipinski definition) is 3. The fourth-order valence-corrected chi connectivity index (χ4v) is 3.30. The van der Waals surface area contributed by atoms with Crippen LogP contribution in [-0.4, -0.2) is 18.4 Å². The minimum atomic E-state index is -0.392. The molecule has 0 spiro atoms. The van der Waals surface area contributed by atoms with Gasteiger partial charge in [0.15, 0.2) is 0 Å². The SMILES string of the molecule is O=C(CNC(=O)c1ccccc1)NC(c1ccc(F)cc1)c1cccs1. The lowest BCUT2D eigenvalue weighted by atomic mass is 10.1.